The highest BCUT2D eigenvalue weighted by molar-refractivity contribution is 9.10. The predicted octanol–water partition coefficient (Wildman–Crippen LogP) is 1.95. The molecular formula is C13H20BrN3O2S. The second-order valence-corrected chi connectivity index (χ2v) is 8.23. The van der Waals surface area contributed by atoms with Crippen molar-refractivity contribution in [3.63, 3.8) is 0 Å². The fourth-order valence-electron chi connectivity index (χ4n) is 2.44. The van der Waals surface area contributed by atoms with Crippen LogP contribution < -0.4 is 4.90 Å². The van der Waals surface area contributed by atoms with Gasteiger partial charge in [0, 0.05) is 32.9 Å². The van der Waals surface area contributed by atoms with Crippen molar-refractivity contribution in [2.75, 3.05) is 37.8 Å². The molecule has 1 aliphatic heterocycles. The van der Waals surface area contributed by atoms with Crippen LogP contribution in [-0.4, -0.2) is 50.6 Å². The standard InChI is InChI=1S/C13H20BrN3O2S/c1-16(20(2,18)19)10-11-5-8-17(9-6-11)13-12(14)4-3-7-15-13/h3-4,7,11H,5-6,8-10H2,1-2H3. The molecule has 1 aliphatic rings. The number of rotatable bonds is 4. The van der Waals surface area contributed by atoms with Gasteiger partial charge in [-0.15, -0.1) is 0 Å². The molecule has 0 N–H and O–H groups in total. The van der Waals surface area contributed by atoms with Crippen LogP contribution in [0.5, 0.6) is 0 Å². The average Bonchev–Trinajstić information content (AvgIpc) is 2.39. The number of piperidine rings is 1. The summed E-state index contributed by atoms with van der Waals surface area (Å²) in [5, 5.41) is 0. The molecule has 1 aromatic rings. The molecule has 0 amide bonds. The van der Waals surface area contributed by atoms with E-state index in [2.05, 4.69) is 25.8 Å². The molecule has 1 saturated heterocycles. The molecule has 0 unspecified atom stereocenters. The molecule has 0 saturated carbocycles. The van der Waals surface area contributed by atoms with Crippen LogP contribution in [-0.2, 0) is 10.0 Å². The summed E-state index contributed by atoms with van der Waals surface area (Å²) in [6.07, 6.45) is 5.03. The Balaban J connectivity index is 1.92. The highest BCUT2D eigenvalue weighted by Crippen LogP contribution is 2.28. The van der Waals surface area contributed by atoms with Crippen LogP contribution in [0.15, 0.2) is 22.8 Å². The smallest absolute Gasteiger partial charge is 0.210 e. The Hall–Kier alpha value is -0.660. The molecule has 0 bridgehead atoms. The number of pyridine rings is 1. The first-order valence-electron chi connectivity index (χ1n) is 6.64. The molecule has 0 atom stereocenters. The number of hydrogen-bond donors (Lipinski definition) is 0. The second-order valence-electron chi connectivity index (χ2n) is 5.28. The molecule has 0 aromatic carbocycles. The monoisotopic (exact) mass is 361 g/mol. The van der Waals surface area contributed by atoms with E-state index in [9.17, 15) is 8.42 Å². The van der Waals surface area contributed by atoms with Crippen LogP contribution in [0.25, 0.3) is 0 Å². The minimum atomic E-state index is -3.07. The van der Waals surface area contributed by atoms with E-state index in [1.54, 1.807) is 13.2 Å². The van der Waals surface area contributed by atoms with Gasteiger partial charge in [0.2, 0.25) is 10.0 Å². The van der Waals surface area contributed by atoms with Crippen molar-refractivity contribution >= 4 is 31.8 Å². The lowest BCUT2D eigenvalue weighted by atomic mass is 9.97. The van der Waals surface area contributed by atoms with Crippen LogP contribution in [0.3, 0.4) is 0 Å². The Morgan fingerprint density at radius 3 is 2.65 bits per heavy atom. The van der Waals surface area contributed by atoms with Crippen molar-refractivity contribution in [2.45, 2.75) is 12.8 Å². The first-order valence-corrected chi connectivity index (χ1v) is 9.29. The van der Waals surface area contributed by atoms with E-state index >= 15 is 0 Å². The summed E-state index contributed by atoms with van der Waals surface area (Å²) in [5.74, 6) is 1.40. The number of aromatic nitrogens is 1. The van der Waals surface area contributed by atoms with Crippen LogP contribution in [0.2, 0.25) is 0 Å². The van der Waals surface area contributed by atoms with Crippen LogP contribution in [0.1, 0.15) is 12.8 Å². The topological polar surface area (TPSA) is 53.5 Å². The van der Waals surface area contributed by atoms with Crippen molar-refractivity contribution in [1.29, 1.82) is 0 Å². The lowest BCUT2D eigenvalue weighted by molar-refractivity contribution is 0.328. The second kappa shape index (κ2) is 6.41. The summed E-state index contributed by atoms with van der Waals surface area (Å²) in [5.41, 5.74) is 0. The van der Waals surface area contributed by atoms with E-state index in [4.69, 9.17) is 0 Å². The molecule has 5 nitrogen and oxygen atoms in total. The molecule has 2 heterocycles. The number of hydrogen-bond acceptors (Lipinski definition) is 4. The maximum Gasteiger partial charge on any atom is 0.210 e. The summed E-state index contributed by atoms with van der Waals surface area (Å²) < 4.78 is 25.3. The Labute approximate surface area is 129 Å². The molecular weight excluding hydrogens is 342 g/mol. The third-order valence-corrected chi connectivity index (χ3v) is 5.63. The highest BCUT2D eigenvalue weighted by Gasteiger charge is 2.24. The number of sulfonamides is 1. The molecule has 112 valence electrons. The molecule has 1 aromatic heterocycles. The fourth-order valence-corrected chi connectivity index (χ4v) is 3.42. The molecule has 1 fully saturated rings. The zero-order valence-corrected chi connectivity index (χ0v) is 14.2. The van der Waals surface area contributed by atoms with Gasteiger partial charge in [-0.05, 0) is 46.8 Å². The van der Waals surface area contributed by atoms with Crippen molar-refractivity contribution in [3.8, 4) is 0 Å². The molecule has 20 heavy (non-hydrogen) atoms. The third-order valence-electron chi connectivity index (χ3n) is 3.73. The summed E-state index contributed by atoms with van der Waals surface area (Å²) in [6, 6.07) is 3.90. The van der Waals surface area contributed by atoms with Gasteiger partial charge in [0.1, 0.15) is 5.82 Å². The number of halogens is 1. The quantitative estimate of drug-likeness (QED) is 0.822. The van der Waals surface area contributed by atoms with E-state index in [-0.39, 0.29) is 0 Å². The van der Waals surface area contributed by atoms with E-state index in [0.717, 1.165) is 36.2 Å². The van der Waals surface area contributed by atoms with Gasteiger partial charge in [-0.25, -0.2) is 17.7 Å². The van der Waals surface area contributed by atoms with Crippen LogP contribution in [0, 0.1) is 5.92 Å². The van der Waals surface area contributed by atoms with Gasteiger partial charge >= 0.3 is 0 Å². The maximum absolute atomic E-state index is 11.4. The van der Waals surface area contributed by atoms with Gasteiger partial charge in [0.15, 0.2) is 0 Å². The van der Waals surface area contributed by atoms with Crippen molar-refractivity contribution in [1.82, 2.24) is 9.29 Å². The van der Waals surface area contributed by atoms with E-state index in [0.29, 0.717) is 12.5 Å². The molecule has 0 radical (unpaired) electrons. The van der Waals surface area contributed by atoms with Gasteiger partial charge in [-0.3, -0.25) is 0 Å². The minimum Gasteiger partial charge on any atom is -0.356 e. The summed E-state index contributed by atoms with van der Waals surface area (Å²) >= 11 is 3.52. The molecule has 7 heteroatoms. The van der Waals surface area contributed by atoms with E-state index < -0.39 is 10.0 Å². The Bertz CT molecular complexity index is 556. The maximum atomic E-state index is 11.4. The summed E-state index contributed by atoms with van der Waals surface area (Å²) in [7, 11) is -1.42. The minimum absolute atomic E-state index is 0.425. The zero-order valence-electron chi connectivity index (χ0n) is 11.8. The fraction of sp³-hybridized carbons (Fsp3) is 0.615. The first-order chi connectivity index (χ1) is 9.38. The van der Waals surface area contributed by atoms with Gasteiger partial charge in [0.05, 0.1) is 10.7 Å². The van der Waals surface area contributed by atoms with Gasteiger partial charge < -0.3 is 4.90 Å². The van der Waals surface area contributed by atoms with E-state index in [1.807, 2.05) is 12.1 Å². The number of nitrogens with zero attached hydrogens (tertiary/aromatic N) is 3. The normalized spacial score (nSPS) is 17.7. The Kier molecular flexibility index (Phi) is 5.04. The van der Waals surface area contributed by atoms with Gasteiger partial charge in [-0.2, -0.15) is 0 Å². The lowest BCUT2D eigenvalue weighted by Crippen LogP contribution is -2.39. The van der Waals surface area contributed by atoms with Gasteiger partial charge in [0.25, 0.3) is 0 Å². The van der Waals surface area contributed by atoms with Crippen LogP contribution >= 0.6 is 15.9 Å². The van der Waals surface area contributed by atoms with Crippen molar-refractivity contribution in [2.24, 2.45) is 5.92 Å². The number of anilines is 1. The third kappa shape index (κ3) is 3.93. The summed E-state index contributed by atoms with van der Waals surface area (Å²) in [4.78, 5) is 6.65. The molecule has 0 aliphatic carbocycles. The molecule has 2 rings (SSSR count). The molecule has 0 spiro atoms. The lowest BCUT2D eigenvalue weighted by Gasteiger charge is -2.34. The highest BCUT2D eigenvalue weighted by atomic mass is 79.9. The SMILES string of the molecule is CN(CC1CCN(c2ncccc2Br)CC1)S(C)(=O)=O. The van der Waals surface area contributed by atoms with E-state index in [1.165, 1.54) is 10.6 Å². The Morgan fingerprint density at radius 1 is 1.45 bits per heavy atom. The zero-order chi connectivity index (χ0) is 14.8. The summed E-state index contributed by atoms with van der Waals surface area (Å²) in [6.45, 7) is 2.44. The first kappa shape index (κ1) is 15.7. The van der Waals surface area contributed by atoms with Crippen molar-refractivity contribution in [3.05, 3.63) is 22.8 Å². The average molecular weight is 362 g/mol. The predicted molar refractivity (Wildman–Crippen MR) is 84.3 cm³/mol. The van der Waals surface area contributed by atoms with Crippen LogP contribution in [0.4, 0.5) is 5.82 Å². The largest absolute Gasteiger partial charge is 0.356 e. The van der Waals surface area contributed by atoms with Crippen molar-refractivity contribution < 1.29 is 8.42 Å². The van der Waals surface area contributed by atoms with Gasteiger partial charge in [-0.1, -0.05) is 0 Å². The Morgan fingerprint density at radius 2 is 2.10 bits per heavy atom.